The van der Waals surface area contributed by atoms with Crippen LogP contribution in [0.15, 0.2) is 0 Å². The highest BCUT2D eigenvalue weighted by molar-refractivity contribution is 5.05. The first-order valence-electron chi connectivity index (χ1n) is 10.5. The molecular formula is C19H43N5O2. The number of nitrogens with zero attached hydrogens (tertiary/aromatic N) is 2. The molecule has 0 unspecified atom stereocenters. The van der Waals surface area contributed by atoms with Gasteiger partial charge in [0.2, 0.25) is 0 Å². The zero-order valence-corrected chi connectivity index (χ0v) is 17.4. The van der Waals surface area contributed by atoms with Gasteiger partial charge in [-0.1, -0.05) is 20.8 Å². The van der Waals surface area contributed by atoms with E-state index in [4.69, 9.17) is 15.2 Å². The zero-order chi connectivity index (χ0) is 19.1. The van der Waals surface area contributed by atoms with E-state index in [0.717, 1.165) is 65.7 Å². The standard InChI is InChI=1S/C17H37N5O2.C2H6/c1-2-19-5-9-23-11-7-21-13-17(14-21)15-22(16-17)8-12-24-10-6-20-4-3-18;1-2/h19-20H,2-16,18H2,1H3;1-2H3. The SMILES string of the molecule is CC.CCNCCOCCN1CC2(C1)CN(CCOCCNCCN)C2. The van der Waals surface area contributed by atoms with Crippen LogP contribution < -0.4 is 16.4 Å². The van der Waals surface area contributed by atoms with Crippen LogP contribution in [0.1, 0.15) is 20.8 Å². The monoisotopic (exact) mass is 373 g/mol. The fourth-order valence-corrected chi connectivity index (χ4v) is 3.60. The van der Waals surface area contributed by atoms with Gasteiger partial charge in [-0.15, -0.1) is 0 Å². The number of hydrogen-bond donors (Lipinski definition) is 3. The van der Waals surface area contributed by atoms with Gasteiger partial charge in [-0.05, 0) is 6.54 Å². The van der Waals surface area contributed by atoms with Crippen LogP contribution in [0.2, 0.25) is 0 Å². The van der Waals surface area contributed by atoms with Gasteiger partial charge in [-0.3, -0.25) is 9.80 Å². The number of rotatable bonds is 15. The van der Waals surface area contributed by atoms with E-state index in [-0.39, 0.29) is 0 Å². The van der Waals surface area contributed by atoms with Crippen molar-refractivity contribution in [2.24, 2.45) is 11.1 Å². The second-order valence-electron chi connectivity index (χ2n) is 7.04. The summed E-state index contributed by atoms with van der Waals surface area (Å²) in [7, 11) is 0. The van der Waals surface area contributed by atoms with Gasteiger partial charge in [0.05, 0.1) is 26.4 Å². The number of likely N-dealkylation sites (N-methyl/N-ethyl adjacent to an activating group) is 1. The topological polar surface area (TPSA) is 75.0 Å². The molecular weight excluding hydrogens is 330 g/mol. The van der Waals surface area contributed by atoms with Crippen LogP contribution in [0.4, 0.5) is 0 Å². The Bertz CT molecular complexity index is 319. The Morgan fingerprint density at radius 1 is 0.808 bits per heavy atom. The maximum absolute atomic E-state index is 5.64. The molecule has 0 atom stereocenters. The smallest absolute Gasteiger partial charge is 0.0594 e. The molecule has 0 aromatic heterocycles. The van der Waals surface area contributed by atoms with Crippen LogP contribution in [0.3, 0.4) is 0 Å². The Morgan fingerprint density at radius 2 is 1.31 bits per heavy atom. The van der Waals surface area contributed by atoms with Gasteiger partial charge < -0.3 is 25.8 Å². The van der Waals surface area contributed by atoms with Crippen molar-refractivity contribution >= 4 is 0 Å². The summed E-state index contributed by atoms with van der Waals surface area (Å²) in [5.41, 5.74) is 5.99. The minimum atomic E-state index is 0.576. The molecule has 0 bridgehead atoms. The van der Waals surface area contributed by atoms with Crippen LogP contribution >= 0.6 is 0 Å². The molecule has 7 nitrogen and oxygen atoms in total. The molecule has 0 aromatic carbocycles. The molecule has 26 heavy (non-hydrogen) atoms. The van der Waals surface area contributed by atoms with Crippen LogP contribution in [0, 0.1) is 5.41 Å². The molecule has 156 valence electrons. The predicted octanol–water partition coefficient (Wildman–Crippen LogP) is -0.179. The number of hydrogen-bond acceptors (Lipinski definition) is 7. The van der Waals surface area contributed by atoms with Gasteiger partial charge in [0.25, 0.3) is 0 Å². The van der Waals surface area contributed by atoms with Crippen molar-refractivity contribution in [2.45, 2.75) is 20.8 Å². The van der Waals surface area contributed by atoms with Crippen LogP contribution in [0.25, 0.3) is 0 Å². The van der Waals surface area contributed by atoms with Gasteiger partial charge in [-0.2, -0.15) is 0 Å². The highest BCUT2D eigenvalue weighted by Gasteiger charge is 2.50. The quantitative estimate of drug-likeness (QED) is 0.344. The van der Waals surface area contributed by atoms with Gasteiger partial charge in [0, 0.05) is 70.9 Å². The first-order chi connectivity index (χ1) is 12.8. The summed E-state index contributed by atoms with van der Waals surface area (Å²) in [5.74, 6) is 0. The first-order valence-corrected chi connectivity index (χ1v) is 10.5. The lowest BCUT2D eigenvalue weighted by Crippen LogP contribution is -2.72. The van der Waals surface area contributed by atoms with Crippen molar-refractivity contribution in [3.63, 3.8) is 0 Å². The molecule has 0 aromatic rings. The van der Waals surface area contributed by atoms with E-state index in [9.17, 15) is 0 Å². The van der Waals surface area contributed by atoms with Crippen molar-refractivity contribution < 1.29 is 9.47 Å². The second kappa shape index (κ2) is 14.7. The molecule has 4 N–H and O–H groups in total. The normalized spacial score (nSPS) is 18.9. The van der Waals surface area contributed by atoms with E-state index in [1.165, 1.54) is 26.2 Å². The maximum Gasteiger partial charge on any atom is 0.0594 e. The predicted molar refractivity (Wildman–Crippen MR) is 109 cm³/mol. The lowest BCUT2D eigenvalue weighted by atomic mass is 9.73. The number of nitrogens with one attached hydrogen (secondary N) is 2. The minimum absolute atomic E-state index is 0.576. The van der Waals surface area contributed by atoms with Crippen LogP contribution in [-0.2, 0) is 9.47 Å². The number of likely N-dealkylation sites (tertiary alicyclic amines) is 2. The summed E-state index contributed by atoms with van der Waals surface area (Å²) < 4.78 is 11.3. The third-order valence-electron chi connectivity index (χ3n) is 4.76. The molecule has 7 heteroatoms. The van der Waals surface area contributed by atoms with Crippen molar-refractivity contribution in [2.75, 3.05) is 98.4 Å². The fourth-order valence-electron chi connectivity index (χ4n) is 3.60. The van der Waals surface area contributed by atoms with E-state index < -0.39 is 0 Å². The summed E-state index contributed by atoms with van der Waals surface area (Å²) in [4.78, 5) is 5.03. The molecule has 2 rings (SSSR count). The van der Waals surface area contributed by atoms with E-state index in [1.54, 1.807) is 0 Å². The second-order valence-corrected chi connectivity index (χ2v) is 7.04. The zero-order valence-electron chi connectivity index (χ0n) is 17.4. The molecule has 0 aliphatic carbocycles. The minimum Gasteiger partial charge on any atom is -0.379 e. The highest BCUT2D eigenvalue weighted by atomic mass is 16.5. The summed E-state index contributed by atoms with van der Waals surface area (Å²) in [6, 6.07) is 0. The number of ether oxygens (including phenoxy) is 2. The molecule has 2 saturated heterocycles. The van der Waals surface area contributed by atoms with Crippen molar-refractivity contribution in [1.82, 2.24) is 20.4 Å². The molecule has 0 radical (unpaired) electrons. The maximum atomic E-state index is 5.64. The van der Waals surface area contributed by atoms with Gasteiger partial charge in [-0.25, -0.2) is 0 Å². The summed E-state index contributed by atoms with van der Waals surface area (Å²) in [6.07, 6.45) is 0. The third kappa shape index (κ3) is 9.08. The number of nitrogens with two attached hydrogens (primary N) is 1. The summed E-state index contributed by atoms with van der Waals surface area (Å²) >= 11 is 0. The van der Waals surface area contributed by atoms with Crippen LogP contribution in [-0.4, -0.2) is 108 Å². The van der Waals surface area contributed by atoms with Gasteiger partial charge in [0.1, 0.15) is 0 Å². The fraction of sp³-hybridized carbons (Fsp3) is 1.00. The molecule has 1 spiro atoms. The Kier molecular flexibility index (Phi) is 13.5. The van der Waals surface area contributed by atoms with Crippen molar-refractivity contribution in [3.05, 3.63) is 0 Å². The largest absolute Gasteiger partial charge is 0.379 e. The average Bonchev–Trinajstić information content (AvgIpc) is 2.60. The Balaban J connectivity index is 0.00000163. The lowest BCUT2D eigenvalue weighted by Gasteiger charge is -2.60. The van der Waals surface area contributed by atoms with E-state index in [0.29, 0.717) is 12.0 Å². The van der Waals surface area contributed by atoms with E-state index >= 15 is 0 Å². The average molecular weight is 374 g/mol. The van der Waals surface area contributed by atoms with Crippen molar-refractivity contribution in [3.8, 4) is 0 Å². The van der Waals surface area contributed by atoms with Crippen LogP contribution in [0.5, 0.6) is 0 Å². The highest BCUT2D eigenvalue weighted by Crippen LogP contribution is 2.38. The first kappa shape index (κ1) is 23.8. The molecule has 0 saturated carbocycles. The molecule has 2 aliphatic rings. The van der Waals surface area contributed by atoms with E-state index in [1.807, 2.05) is 13.8 Å². The Hall–Kier alpha value is -0.280. The van der Waals surface area contributed by atoms with Crippen molar-refractivity contribution in [1.29, 1.82) is 0 Å². The Labute approximate surface area is 160 Å². The third-order valence-corrected chi connectivity index (χ3v) is 4.76. The molecule has 2 aliphatic heterocycles. The Morgan fingerprint density at radius 3 is 1.77 bits per heavy atom. The van der Waals surface area contributed by atoms with E-state index in [2.05, 4.69) is 27.4 Å². The molecule has 2 heterocycles. The van der Waals surface area contributed by atoms with Gasteiger partial charge in [0.15, 0.2) is 0 Å². The van der Waals surface area contributed by atoms with Gasteiger partial charge >= 0.3 is 0 Å². The summed E-state index contributed by atoms with van der Waals surface area (Å²) in [5, 5.41) is 6.51. The summed E-state index contributed by atoms with van der Waals surface area (Å²) in [6.45, 7) is 20.9. The lowest BCUT2D eigenvalue weighted by molar-refractivity contribution is -0.123. The molecule has 2 fully saturated rings. The molecule has 0 amide bonds.